The van der Waals surface area contributed by atoms with Crippen LogP contribution in [0.2, 0.25) is 0 Å². The van der Waals surface area contributed by atoms with E-state index in [1.54, 1.807) is 0 Å². The summed E-state index contributed by atoms with van der Waals surface area (Å²) in [6, 6.07) is 0.511. The Balaban J connectivity index is 2.66. The normalized spacial score (nSPS) is 23.8. The number of hydrogen-bond acceptors (Lipinski definition) is 3. The topological polar surface area (TPSA) is 41.6 Å². The second kappa shape index (κ2) is 9.35. The van der Waals surface area contributed by atoms with Crippen molar-refractivity contribution in [2.45, 2.75) is 65.5 Å². The van der Waals surface area contributed by atoms with E-state index < -0.39 is 0 Å². The molecule has 0 aromatic heterocycles. The fraction of sp³-hybridized carbons (Fsp3) is 0.938. The zero-order valence-corrected chi connectivity index (χ0v) is 13.7. The van der Waals surface area contributed by atoms with Gasteiger partial charge in [-0.2, -0.15) is 0 Å². The molecule has 0 radical (unpaired) electrons. The molecular weight excluding hydrogens is 252 g/mol. The van der Waals surface area contributed by atoms with Crippen LogP contribution in [-0.2, 0) is 9.53 Å². The summed E-state index contributed by atoms with van der Waals surface area (Å²) in [5, 5.41) is 3.46. The molecule has 1 amide bonds. The van der Waals surface area contributed by atoms with Crippen molar-refractivity contribution in [2.24, 2.45) is 5.92 Å². The molecule has 1 aliphatic rings. The maximum absolute atomic E-state index is 12.8. The Morgan fingerprint density at radius 1 is 1.30 bits per heavy atom. The van der Waals surface area contributed by atoms with E-state index in [0.29, 0.717) is 19.3 Å². The molecule has 0 spiro atoms. The molecular formula is C16H32N2O2. The summed E-state index contributed by atoms with van der Waals surface area (Å²) in [4.78, 5) is 14.9. The van der Waals surface area contributed by atoms with Gasteiger partial charge in [-0.15, -0.1) is 0 Å². The van der Waals surface area contributed by atoms with E-state index in [2.05, 4.69) is 37.9 Å². The van der Waals surface area contributed by atoms with Crippen LogP contribution in [0.4, 0.5) is 0 Å². The molecule has 3 atom stereocenters. The van der Waals surface area contributed by atoms with E-state index in [4.69, 9.17) is 4.74 Å². The summed E-state index contributed by atoms with van der Waals surface area (Å²) in [5.41, 5.74) is 0. The lowest BCUT2D eigenvalue weighted by molar-refractivity contribution is -0.138. The van der Waals surface area contributed by atoms with E-state index >= 15 is 0 Å². The Hall–Kier alpha value is -0.610. The van der Waals surface area contributed by atoms with Crippen LogP contribution in [0.1, 0.15) is 53.4 Å². The Morgan fingerprint density at radius 3 is 2.65 bits per heavy atom. The highest BCUT2D eigenvalue weighted by molar-refractivity contribution is 5.80. The Kier molecular flexibility index (Phi) is 8.15. The average molecular weight is 284 g/mol. The zero-order valence-electron chi connectivity index (χ0n) is 13.7. The van der Waals surface area contributed by atoms with Gasteiger partial charge in [0, 0.05) is 18.6 Å². The SMILES string of the molecule is CCCCN(C(=O)C1COCC1NCCC)C(C)CC. The molecule has 1 saturated heterocycles. The number of ether oxygens (including phenoxy) is 1. The van der Waals surface area contributed by atoms with Crippen molar-refractivity contribution in [3.05, 3.63) is 0 Å². The first-order valence-corrected chi connectivity index (χ1v) is 8.27. The van der Waals surface area contributed by atoms with Gasteiger partial charge in [0.15, 0.2) is 0 Å². The van der Waals surface area contributed by atoms with Crippen molar-refractivity contribution in [2.75, 3.05) is 26.3 Å². The van der Waals surface area contributed by atoms with Crippen LogP contribution in [0.5, 0.6) is 0 Å². The predicted molar refractivity (Wildman–Crippen MR) is 82.8 cm³/mol. The fourth-order valence-corrected chi connectivity index (χ4v) is 2.64. The van der Waals surface area contributed by atoms with Crippen LogP contribution >= 0.6 is 0 Å². The van der Waals surface area contributed by atoms with Crippen LogP contribution in [0.15, 0.2) is 0 Å². The van der Waals surface area contributed by atoms with Crippen molar-refractivity contribution in [1.29, 1.82) is 0 Å². The van der Waals surface area contributed by atoms with Crippen molar-refractivity contribution in [1.82, 2.24) is 10.2 Å². The second-order valence-electron chi connectivity index (χ2n) is 5.85. The number of nitrogens with one attached hydrogen (secondary N) is 1. The third-order valence-electron chi connectivity index (χ3n) is 4.21. The summed E-state index contributed by atoms with van der Waals surface area (Å²) >= 11 is 0. The maximum Gasteiger partial charge on any atom is 0.229 e. The summed E-state index contributed by atoms with van der Waals surface area (Å²) < 4.78 is 5.55. The van der Waals surface area contributed by atoms with E-state index in [1.807, 2.05) is 0 Å². The van der Waals surface area contributed by atoms with Crippen molar-refractivity contribution in [3.8, 4) is 0 Å². The highest BCUT2D eigenvalue weighted by atomic mass is 16.5. The van der Waals surface area contributed by atoms with Gasteiger partial charge in [-0.3, -0.25) is 4.79 Å². The Morgan fingerprint density at radius 2 is 2.05 bits per heavy atom. The third-order valence-corrected chi connectivity index (χ3v) is 4.21. The average Bonchev–Trinajstić information content (AvgIpc) is 2.93. The molecule has 0 saturated carbocycles. The number of rotatable bonds is 9. The molecule has 4 heteroatoms. The molecule has 0 aromatic rings. The number of hydrogen-bond donors (Lipinski definition) is 1. The third kappa shape index (κ3) is 4.74. The second-order valence-corrected chi connectivity index (χ2v) is 5.85. The lowest BCUT2D eigenvalue weighted by Crippen LogP contribution is -2.49. The van der Waals surface area contributed by atoms with E-state index in [1.165, 1.54) is 0 Å². The van der Waals surface area contributed by atoms with Crippen molar-refractivity contribution < 1.29 is 9.53 Å². The first-order chi connectivity index (χ1) is 9.65. The molecule has 1 rings (SSSR count). The highest BCUT2D eigenvalue weighted by Gasteiger charge is 2.37. The quantitative estimate of drug-likeness (QED) is 0.707. The number of nitrogens with zero attached hydrogens (tertiary/aromatic N) is 1. The highest BCUT2D eigenvalue weighted by Crippen LogP contribution is 2.19. The predicted octanol–water partition coefficient (Wildman–Crippen LogP) is 2.43. The first kappa shape index (κ1) is 17.4. The smallest absolute Gasteiger partial charge is 0.229 e. The van der Waals surface area contributed by atoms with Gasteiger partial charge in [0.05, 0.1) is 19.1 Å². The van der Waals surface area contributed by atoms with Crippen LogP contribution < -0.4 is 5.32 Å². The van der Waals surface area contributed by atoms with Gasteiger partial charge in [-0.05, 0) is 32.7 Å². The number of carbonyl (C=O) groups excluding carboxylic acids is 1. The number of carbonyl (C=O) groups is 1. The van der Waals surface area contributed by atoms with Crippen LogP contribution in [0.3, 0.4) is 0 Å². The van der Waals surface area contributed by atoms with Gasteiger partial charge in [-0.25, -0.2) is 0 Å². The van der Waals surface area contributed by atoms with Gasteiger partial charge in [0.2, 0.25) is 5.91 Å². The minimum Gasteiger partial charge on any atom is -0.379 e. The molecule has 118 valence electrons. The fourth-order valence-electron chi connectivity index (χ4n) is 2.64. The number of unbranched alkanes of at least 4 members (excludes halogenated alkanes) is 1. The van der Waals surface area contributed by atoms with Crippen LogP contribution in [0, 0.1) is 5.92 Å². The molecule has 1 fully saturated rings. The van der Waals surface area contributed by atoms with Gasteiger partial charge in [0.25, 0.3) is 0 Å². The molecule has 0 bridgehead atoms. The van der Waals surface area contributed by atoms with Gasteiger partial charge >= 0.3 is 0 Å². The molecule has 1 heterocycles. The maximum atomic E-state index is 12.8. The van der Waals surface area contributed by atoms with Gasteiger partial charge in [0.1, 0.15) is 0 Å². The number of amides is 1. The minimum atomic E-state index is -0.00703. The molecule has 1 N–H and O–H groups in total. The van der Waals surface area contributed by atoms with E-state index in [0.717, 1.165) is 38.8 Å². The molecule has 20 heavy (non-hydrogen) atoms. The lowest BCUT2D eigenvalue weighted by atomic mass is 10.00. The zero-order chi connectivity index (χ0) is 15.0. The lowest BCUT2D eigenvalue weighted by Gasteiger charge is -2.32. The summed E-state index contributed by atoms with van der Waals surface area (Å²) in [6.45, 7) is 11.7. The standard InChI is InChI=1S/C16H32N2O2/c1-5-8-10-18(13(4)7-3)16(19)14-11-20-12-15(14)17-9-6-2/h13-15,17H,5-12H2,1-4H3. The Bertz CT molecular complexity index is 284. The monoisotopic (exact) mass is 284 g/mol. The van der Waals surface area contributed by atoms with E-state index in [9.17, 15) is 4.79 Å². The van der Waals surface area contributed by atoms with Crippen LogP contribution in [-0.4, -0.2) is 49.2 Å². The summed E-state index contributed by atoms with van der Waals surface area (Å²) in [6.07, 6.45) is 4.30. The molecule has 0 aromatic carbocycles. The largest absolute Gasteiger partial charge is 0.379 e. The molecule has 3 unspecified atom stereocenters. The van der Waals surface area contributed by atoms with Crippen molar-refractivity contribution >= 4 is 5.91 Å². The summed E-state index contributed by atoms with van der Waals surface area (Å²) in [7, 11) is 0. The summed E-state index contributed by atoms with van der Waals surface area (Å²) in [5.74, 6) is 0.270. The molecule has 4 nitrogen and oxygen atoms in total. The molecule has 0 aliphatic carbocycles. The van der Waals surface area contributed by atoms with Crippen molar-refractivity contribution in [3.63, 3.8) is 0 Å². The molecule has 1 aliphatic heterocycles. The van der Waals surface area contributed by atoms with Crippen LogP contribution in [0.25, 0.3) is 0 Å². The van der Waals surface area contributed by atoms with Gasteiger partial charge in [-0.1, -0.05) is 27.2 Å². The van der Waals surface area contributed by atoms with E-state index in [-0.39, 0.29) is 17.9 Å². The Labute approximate surface area is 124 Å². The van der Waals surface area contributed by atoms with Gasteiger partial charge < -0.3 is 15.0 Å². The first-order valence-electron chi connectivity index (χ1n) is 8.27. The minimum absolute atomic E-state index is 0.00703.